The number of nitrogens with zero attached hydrogens (tertiary/aromatic N) is 2. The van der Waals surface area contributed by atoms with E-state index in [1.54, 1.807) is 0 Å². The van der Waals surface area contributed by atoms with Gasteiger partial charge in [0.2, 0.25) is 0 Å². The maximum absolute atomic E-state index is 2.30. The molecule has 0 aromatic rings. The lowest BCUT2D eigenvalue weighted by Gasteiger charge is -2.22. The van der Waals surface area contributed by atoms with Crippen molar-refractivity contribution in [3.63, 3.8) is 0 Å². The van der Waals surface area contributed by atoms with Crippen LogP contribution in [0.15, 0.2) is 0 Å². The highest BCUT2D eigenvalue weighted by Gasteiger charge is 2.28. The van der Waals surface area contributed by atoms with Crippen molar-refractivity contribution in [2.75, 3.05) is 20.6 Å². The van der Waals surface area contributed by atoms with Crippen molar-refractivity contribution in [3.8, 4) is 0 Å². The lowest BCUT2D eigenvalue weighted by molar-refractivity contribution is 0.0585. The van der Waals surface area contributed by atoms with E-state index in [1.165, 1.54) is 6.54 Å². The van der Waals surface area contributed by atoms with E-state index >= 15 is 0 Å². The van der Waals surface area contributed by atoms with Crippen molar-refractivity contribution < 1.29 is 0 Å². The van der Waals surface area contributed by atoms with Crippen LogP contribution < -0.4 is 0 Å². The minimum absolute atomic E-state index is 0.718. The van der Waals surface area contributed by atoms with Gasteiger partial charge in [0.05, 0.1) is 0 Å². The molecular formula is C7H16N2. The number of rotatable bonds is 0. The molecule has 0 bridgehead atoms. The molecule has 0 aliphatic carbocycles. The quantitative estimate of drug-likeness (QED) is 0.476. The van der Waals surface area contributed by atoms with Gasteiger partial charge in [0, 0.05) is 26.7 Å². The molecule has 0 aromatic carbocycles. The fourth-order valence-electron chi connectivity index (χ4n) is 1.38. The third-order valence-corrected chi connectivity index (χ3v) is 2.50. The Balaban J connectivity index is 2.54. The Morgan fingerprint density at radius 1 is 1.22 bits per heavy atom. The summed E-state index contributed by atoms with van der Waals surface area (Å²) < 4.78 is 0. The normalized spacial score (nSPS) is 40.0. The molecule has 1 aliphatic heterocycles. The maximum Gasteiger partial charge on any atom is 0.0252 e. The molecular weight excluding hydrogens is 112 g/mol. The molecule has 0 spiro atoms. The van der Waals surface area contributed by atoms with Gasteiger partial charge >= 0.3 is 0 Å². The predicted molar refractivity (Wildman–Crippen MR) is 39.0 cm³/mol. The molecule has 2 unspecified atom stereocenters. The van der Waals surface area contributed by atoms with Crippen LogP contribution in [-0.2, 0) is 0 Å². The molecule has 0 N–H and O–H groups in total. The van der Waals surface area contributed by atoms with Gasteiger partial charge in [-0.25, -0.2) is 10.0 Å². The van der Waals surface area contributed by atoms with Gasteiger partial charge in [0.25, 0.3) is 0 Å². The van der Waals surface area contributed by atoms with E-state index in [9.17, 15) is 0 Å². The highest BCUT2D eigenvalue weighted by molar-refractivity contribution is 4.76. The van der Waals surface area contributed by atoms with Gasteiger partial charge in [-0.1, -0.05) is 6.92 Å². The van der Waals surface area contributed by atoms with Crippen LogP contribution in [0.4, 0.5) is 0 Å². The fraction of sp³-hybridized carbons (Fsp3) is 1.00. The molecule has 0 aromatic heterocycles. The summed E-state index contributed by atoms with van der Waals surface area (Å²) >= 11 is 0. The van der Waals surface area contributed by atoms with Crippen LogP contribution in [0.3, 0.4) is 0 Å². The van der Waals surface area contributed by atoms with E-state index in [1.807, 2.05) is 0 Å². The summed E-state index contributed by atoms with van der Waals surface area (Å²) in [7, 11) is 4.29. The summed E-state index contributed by atoms with van der Waals surface area (Å²) in [6.07, 6.45) is 0. The third-order valence-electron chi connectivity index (χ3n) is 2.50. The van der Waals surface area contributed by atoms with E-state index in [0.717, 1.165) is 12.0 Å². The zero-order valence-electron chi connectivity index (χ0n) is 6.76. The summed E-state index contributed by atoms with van der Waals surface area (Å²) in [4.78, 5) is 0. The van der Waals surface area contributed by atoms with Crippen molar-refractivity contribution in [2.45, 2.75) is 19.9 Å². The molecule has 0 radical (unpaired) electrons. The fourth-order valence-corrected chi connectivity index (χ4v) is 1.38. The van der Waals surface area contributed by atoms with Crippen molar-refractivity contribution >= 4 is 0 Å². The minimum Gasteiger partial charge on any atom is -0.245 e. The summed E-state index contributed by atoms with van der Waals surface area (Å²) in [6, 6.07) is 0.718. The molecule has 0 amide bonds. The highest BCUT2D eigenvalue weighted by Crippen LogP contribution is 2.19. The molecule has 1 saturated heterocycles. The Morgan fingerprint density at radius 3 is 1.89 bits per heavy atom. The Hall–Kier alpha value is -0.0800. The van der Waals surface area contributed by atoms with Crippen LogP contribution in [0.2, 0.25) is 0 Å². The van der Waals surface area contributed by atoms with Crippen LogP contribution in [-0.4, -0.2) is 36.7 Å². The lowest BCUT2D eigenvalue weighted by Crippen LogP contribution is -2.33. The number of hydrazine groups is 1. The van der Waals surface area contributed by atoms with E-state index < -0.39 is 0 Å². The first-order valence-electron chi connectivity index (χ1n) is 3.57. The Kier molecular flexibility index (Phi) is 1.78. The Labute approximate surface area is 57.4 Å². The summed E-state index contributed by atoms with van der Waals surface area (Å²) in [5.41, 5.74) is 0. The molecule has 1 fully saturated rings. The van der Waals surface area contributed by atoms with Crippen LogP contribution in [0, 0.1) is 5.92 Å². The minimum atomic E-state index is 0.718. The largest absolute Gasteiger partial charge is 0.245 e. The van der Waals surface area contributed by atoms with Gasteiger partial charge in [0.15, 0.2) is 0 Å². The molecule has 1 heterocycles. The van der Waals surface area contributed by atoms with Gasteiger partial charge in [-0.15, -0.1) is 0 Å². The second-order valence-corrected chi connectivity index (χ2v) is 3.13. The topological polar surface area (TPSA) is 6.48 Å². The van der Waals surface area contributed by atoms with E-state index in [4.69, 9.17) is 0 Å². The van der Waals surface area contributed by atoms with Crippen LogP contribution in [0.1, 0.15) is 13.8 Å². The van der Waals surface area contributed by atoms with Crippen LogP contribution in [0.5, 0.6) is 0 Å². The molecule has 1 rings (SSSR count). The van der Waals surface area contributed by atoms with Crippen molar-refractivity contribution in [1.82, 2.24) is 10.0 Å². The Bertz CT molecular complexity index is 91.1. The van der Waals surface area contributed by atoms with E-state index in [0.29, 0.717) is 0 Å². The van der Waals surface area contributed by atoms with Gasteiger partial charge in [-0.3, -0.25) is 0 Å². The van der Waals surface area contributed by atoms with Crippen LogP contribution >= 0.6 is 0 Å². The molecule has 2 nitrogen and oxygen atoms in total. The highest BCUT2D eigenvalue weighted by atomic mass is 15.6. The molecule has 2 heteroatoms. The van der Waals surface area contributed by atoms with E-state index in [-0.39, 0.29) is 0 Å². The number of hydrogen-bond donors (Lipinski definition) is 0. The second kappa shape index (κ2) is 2.27. The SMILES string of the molecule is CC1CN(C)N(C)C1C. The van der Waals surface area contributed by atoms with Gasteiger partial charge in [0.1, 0.15) is 0 Å². The maximum atomic E-state index is 2.30. The average Bonchev–Trinajstić information content (AvgIpc) is 1.98. The smallest absolute Gasteiger partial charge is 0.0252 e. The standard InChI is InChI=1S/C7H16N2/c1-6-5-8(3)9(4)7(6)2/h6-7H,5H2,1-4H3. The monoisotopic (exact) mass is 128 g/mol. The molecule has 0 saturated carbocycles. The Morgan fingerprint density at radius 2 is 1.78 bits per heavy atom. The first-order chi connectivity index (χ1) is 4.13. The third kappa shape index (κ3) is 1.10. The predicted octanol–water partition coefficient (Wildman–Crippen LogP) is 0.803. The summed E-state index contributed by atoms with van der Waals surface area (Å²) in [5.74, 6) is 0.819. The van der Waals surface area contributed by atoms with Gasteiger partial charge in [-0.05, 0) is 12.8 Å². The molecule has 1 aliphatic rings. The van der Waals surface area contributed by atoms with Crippen LogP contribution in [0.25, 0.3) is 0 Å². The summed E-state index contributed by atoms with van der Waals surface area (Å²) in [6.45, 7) is 5.77. The second-order valence-electron chi connectivity index (χ2n) is 3.13. The first kappa shape index (κ1) is 7.03. The zero-order chi connectivity index (χ0) is 7.02. The van der Waals surface area contributed by atoms with Crippen molar-refractivity contribution in [2.24, 2.45) is 5.92 Å². The molecule has 2 atom stereocenters. The number of hydrogen-bond acceptors (Lipinski definition) is 2. The lowest BCUT2D eigenvalue weighted by atomic mass is 10.1. The zero-order valence-corrected chi connectivity index (χ0v) is 6.76. The average molecular weight is 128 g/mol. The van der Waals surface area contributed by atoms with Gasteiger partial charge < -0.3 is 0 Å². The van der Waals surface area contributed by atoms with Crippen molar-refractivity contribution in [1.29, 1.82) is 0 Å². The first-order valence-corrected chi connectivity index (χ1v) is 3.57. The van der Waals surface area contributed by atoms with Gasteiger partial charge in [-0.2, -0.15) is 0 Å². The molecule has 9 heavy (non-hydrogen) atoms. The van der Waals surface area contributed by atoms with Crippen molar-refractivity contribution in [3.05, 3.63) is 0 Å². The summed E-state index contributed by atoms with van der Waals surface area (Å²) in [5, 5.41) is 4.57. The molecule has 54 valence electrons. The van der Waals surface area contributed by atoms with E-state index in [2.05, 4.69) is 38.0 Å².